The number of hydrogen-bond acceptors (Lipinski definition) is 10. The summed E-state index contributed by atoms with van der Waals surface area (Å²) in [5, 5.41) is 16.9. The summed E-state index contributed by atoms with van der Waals surface area (Å²) in [5.74, 6) is -9.03. The number of ether oxygens (including phenoxy) is 4. The van der Waals surface area contributed by atoms with Gasteiger partial charge in [0.25, 0.3) is 0 Å². The largest absolute Gasteiger partial charge is 0.481 e. The van der Waals surface area contributed by atoms with Crippen molar-refractivity contribution in [2.24, 2.45) is 23.7 Å². The number of allylic oxidation sites excluding steroid dienone is 2. The molecule has 1 saturated carbocycles. The zero-order valence-corrected chi connectivity index (χ0v) is 15.0. The summed E-state index contributed by atoms with van der Waals surface area (Å²) in [6.45, 7) is -1.59. The van der Waals surface area contributed by atoms with Gasteiger partial charge >= 0.3 is 35.8 Å². The average Bonchev–Trinajstić information content (AvgIpc) is 3.21. The van der Waals surface area contributed by atoms with Gasteiger partial charge in [-0.3, -0.25) is 28.8 Å². The summed E-state index contributed by atoms with van der Waals surface area (Å²) in [4.78, 5) is 67.7. The van der Waals surface area contributed by atoms with E-state index in [1.807, 2.05) is 0 Å². The Bertz CT molecular complexity index is 679. The van der Waals surface area contributed by atoms with Gasteiger partial charge in [0.2, 0.25) is 13.6 Å². The molecule has 12 heteroatoms. The minimum Gasteiger partial charge on any atom is -0.481 e. The predicted octanol–water partition coefficient (Wildman–Crippen LogP) is -0.538. The van der Waals surface area contributed by atoms with Gasteiger partial charge in [-0.05, 0) is 18.3 Å². The van der Waals surface area contributed by atoms with Crippen molar-refractivity contribution in [1.82, 2.24) is 0 Å². The third-order valence-corrected chi connectivity index (χ3v) is 4.44. The number of aliphatic carboxylic acids is 2. The molecule has 2 N–H and O–H groups in total. The molecule has 2 aliphatic carbocycles. The Labute approximate surface area is 163 Å². The monoisotopic (exact) mass is 414 g/mol. The molecule has 0 aromatic carbocycles. The molecule has 2 rings (SSSR count). The molecule has 0 heterocycles. The van der Waals surface area contributed by atoms with Crippen LogP contribution in [-0.2, 0) is 47.7 Å². The molecule has 0 amide bonds. The van der Waals surface area contributed by atoms with E-state index in [4.69, 9.17) is 19.7 Å². The SMILES string of the molecule is O=C(O)CC(=O)OCOC(=O)C1C2C=CC(C2)C1C(=O)OCOC(=O)CC(=O)O. The Morgan fingerprint density at radius 1 is 0.690 bits per heavy atom. The van der Waals surface area contributed by atoms with Crippen LogP contribution in [-0.4, -0.2) is 59.6 Å². The number of fused-ring (bicyclic) bond motifs is 2. The molecule has 1 fully saturated rings. The standard InChI is InChI=1S/C17H18O12/c18-10(19)4-12(22)26-6-28-16(24)14-8-1-2-9(3-8)15(14)17(25)29-7-27-13(23)5-11(20)21/h1-2,8-9,14-15H,3-7H2,(H,18,19)(H,20,21). The zero-order chi connectivity index (χ0) is 21.6. The maximum absolute atomic E-state index is 12.3. The number of carbonyl (C=O) groups is 6. The first-order valence-electron chi connectivity index (χ1n) is 8.45. The molecule has 158 valence electrons. The molecular formula is C17H18O12. The van der Waals surface area contributed by atoms with Crippen LogP contribution in [0.25, 0.3) is 0 Å². The Hall–Kier alpha value is -3.44. The summed E-state index contributed by atoms with van der Waals surface area (Å²) in [6.07, 6.45) is 2.23. The number of rotatable bonds is 10. The van der Waals surface area contributed by atoms with Crippen LogP contribution in [0.1, 0.15) is 19.3 Å². The molecule has 4 unspecified atom stereocenters. The van der Waals surface area contributed by atoms with Crippen molar-refractivity contribution in [1.29, 1.82) is 0 Å². The smallest absolute Gasteiger partial charge is 0.320 e. The van der Waals surface area contributed by atoms with E-state index in [0.717, 1.165) is 0 Å². The molecule has 0 aromatic rings. The fourth-order valence-electron chi connectivity index (χ4n) is 3.31. The lowest BCUT2D eigenvalue weighted by molar-refractivity contribution is -0.181. The fourth-order valence-corrected chi connectivity index (χ4v) is 3.31. The zero-order valence-electron chi connectivity index (χ0n) is 15.0. The molecule has 0 aliphatic heterocycles. The number of esters is 4. The van der Waals surface area contributed by atoms with Crippen molar-refractivity contribution < 1.29 is 57.9 Å². The van der Waals surface area contributed by atoms with Gasteiger partial charge in [-0.15, -0.1) is 0 Å². The Morgan fingerprint density at radius 2 is 1.07 bits per heavy atom. The third kappa shape index (κ3) is 6.02. The summed E-state index contributed by atoms with van der Waals surface area (Å²) in [5.41, 5.74) is 0. The quantitative estimate of drug-likeness (QED) is 0.202. The number of hydrogen-bond donors (Lipinski definition) is 2. The van der Waals surface area contributed by atoms with Gasteiger partial charge in [0.15, 0.2) is 0 Å². The minimum atomic E-state index is -1.40. The van der Waals surface area contributed by atoms with Crippen LogP contribution in [0.2, 0.25) is 0 Å². The fraction of sp³-hybridized carbons (Fsp3) is 0.529. The van der Waals surface area contributed by atoms with Gasteiger partial charge in [-0.1, -0.05) is 12.2 Å². The lowest BCUT2D eigenvalue weighted by atomic mass is 9.83. The van der Waals surface area contributed by atoms with Crippen LogP contribution in [0.5, 0.6) is 0 Å². The van der Waals surface area contributed by atoms with E-state index >= 15 is 0 Å². The van der Waals surface area contributed by atoms with E-state index in [0.29, 0.717) is 6.42 Å². The van der Waals surface area contributed by atoms with Crippen molar-refractivity contribution in [3.63, 3.8) is 0 Å². The van der Waals surface area contributed by atoms with Gasteiger partial charge in [0, 0.05) is 0 Å². The van der Waals surface area contributed by atoms with E-state index in [-0.39, 0.29) is 11.8 Å². The molecule has 12 nitrogen and oxygen atoms in total. The van der Waals surface area contributed by atoms with Crippen LogP contribution in [0, 0.1) is 23.7 Å². The van der Waals surface area contributed by atoms with Crippen molar-refractivity contribution in [3.05, 3.63) is 12.2 Å². The van der Waals surface area contributed by atoms with E-state index in [1.54, 1.807) is 12.2 Å². The average molecular weight is 414 g/mol. The van der Waals surface area contributed by atoms with Gasteiger partial charge in [-0.25, -0.2) is 0 Å². The number of carboxylic acid groups (broad SMARTS) is 2. The Kier molecular flexibility index (Phi) is 7.28. The third-order valence-electron chi connectivity index (χ3n) is 4.44. The molecule has 0 radical (unpaired) electrons. The maximum atomic E-state index is 12.3. The predicted molar refractivity (Wildman–Crippen MR) is 86.3 cm³/mol. The van der Waals surface area contributed by atoms with E-state index in [9.17, 15) is 28.8 Å². The Morgan fingerprint density at radius 3 is 1.41 bits per heavy atom. The van der Waals surface area contributed by atoms with Gasteiger partial charge in [-0.2, -0.15) is 0 Å². The maximum Gasteiger partial charge on any atom is 0.320 e. The molecule has 2 aliphatic rings. The molecular weight excluding hydrogens is 396 g/mol. The lowest BCUT2D eigenvalue weighted by Gasteiger charge is -2.24. The van der Waals surface area contributed by atoms with Crippen LogP contribution in [0.4, 0.5) is 0 Å². The van der Waals surface area contributed by atoms with Crippen LogP contribution in [0.3, 0.4) is 0 Å². The lowest BCUT2D eigenvalue weighted by Crippen LogP contribution is -2.36. The van der Waals surface area contributed by atoms with Crippen molar-refractivity contribution in [3.8, 4) is 0 Å². The molecule has 0 aromatic heterocycles. The molecule has 0 saturated heterocycles. The van der Waals surface area contributed by atoms with Crippen LogP contribution >= 0.6 is 0 Å². The van der Waals surface area contributed by atoms with Gasteiger partial charge < -0.3 is 29.2 Å². The molecule has 0 spiro atoms. The van der Waals surface area contributed by atoms with E-state index in [2.05, 4.69) is 9.47 Å². The highest BCUT2D eigenvalue weighted by Gasteiger charge is 2.53. The second kappa shape index (κ2) is 9.66. The topological polar surface area (TPSA) is 180 Å². The summed E-state index contributed by atoms with van der Waals surface area (Å²) in [7, 11) is 0. The van der Waals surface area contributed by atoms with Gasteiger partial charge in [0.1, 0.15) is 12.8 Å². The van der Waals surface area contributed by atoms with E-state index in [1.165, 1.54) is 0 Å². The highest BCUT2D eigenvalue weighted by molar-refractivity contribution is 5.90. The van der Waals surface area contributed by atoms with Crippen molar-refractivity contribution in [2.45, 2.75) is 19.3 Å². The van der Waals surface area contributed by atoms with E-state index < -0.39 is 74.1 Å². The second-order valence-corrected chi connectivity index (χ2v) is 6.34. The first-order chi connectivity index (χ1) is 13.7. The van der Waals surface area contributed by atoms with Crippen LogP contribution in [0.15, 0.2) is 12.2 Å². The van der Waals surface area contributed by atoms with Crippen molar-refractivity contribution >= 4 is 35.8 Å². The molecule has 2 bridgehead atoms. The van der Waals surface area contributed by atoms with Crippen molar-refractivity contribution in [2.75, 3.05) is 13.6 Å². The first-order valence-corrected chi connectivity index (χ1v) is 8.45. The minimum absolute atomic E-state index is 0.297. The number of carboxylic acids is 2. The normalized spacial score (nSPS) is 23.9. The summed E-state index contributed by atoms with van der Waals surface area (Å²) >= 11 is 0. The Balaban J connectivity index is 1.86. The highest BCUT2D eigenvalue weighted by atomic mass is 16.7. The highest BCUT2D eigenvalue weighted by Crippen LogP contribution is 2.49. The number of carbonyl (C=O) groups excluding carboxylic acids is 4. The summed E-state index contributed by atoms with van der Waals surface area (Å²) in [6, 6.07) is 0. The summed E-state index contributed by atoms with van der Waals surface area (Å²) < 4.78 is 18.6. The molecule has 29 heavy (non-hydrogen) atoms. The van der Waals surface area contributed by atoms with Crippen LogP contribution < -0.4 is 0 Å². The first kappa shape index (κ1) is 21.9. The second-order valence-electron chi connectivity index (χ2n) is 6.34. The van der Waals surface area contributed by atoms with Gasteiger partial charge in [0.05, 0.1) is 11.8 Å². The molecule has 4 atom stereocenters.